The molecule has 6 atom stereocenters. The average Bonchev–Trinajstić information content (AvgIpc) is 3.79. The second kappa shape index (κ2) is 20.4. The van der Waals surface area contributed by atoms with Gasteiger partial charge in [0.25, 0.3) is 0 Å². The molecule has 7 rings (SSSR count). The minimum atomic E-state index is -1.12. The molecule has 6 aromatic rings. The Bertz CT molecular complexity index is 2530. The molecular formula is C52H59N3O8. The Morgan fingerprint density at radius 1 is 0.857 bits per heavy atom. The number of nitrogens with one attached hydrogen (secondary N) is 3. The summed E-state index contributed by atoms with van der Waals surface area (Å²) in [6.45, 7) is 4.61. The number of aromatic amines is 1. The van der Waals surface area contributed by atoms with Gasteiger partial charge in [-0.2, -0.15) is 0 Å². The van der Waals surface area contributed by atoms with Crippen molar-refractivity contribution in [2.24, 2.45) is 5.92 Å². The Balaban J connectivity index is 1.27. The zero-order valence-corrected chi connectivity index (χ0v) is 36.3. The Kier molecular flexibility index (Phi) is 14.5. The summed E-state index contributed by atoms with van der Waals surface area (Å²) in [5.41, 5.74) is 7.12. The Morgan fingerprint density at radius 2 is 1.67 bits per heavy atom. The predicted octanol–water partition coefficient (Wildman–Crippen LogP) is 7.87. The molecule has 0 spiro atoms. The lowest BCUT2D eigenvalue weighted by Crippen LogP contribution is -2.33. The summed E-state index contributed by atoms with van der Waals surface area (Å²) in [5, 5.41) is 63.3. The number of aromatic nitrogens is 1. The molecule has 11 heteroatoms. The summed E-state index contributed by atoms with van der Waals surface area (Å²) < 4.78 is 11.8. The van der Waals surface area contributed by atoms with Crippen molar-refractivity contribution in [2.75, 3.05) is 27.4 Å². The van der Waals surface area contributed by atoms with Gasteiger partial charge in [-0.05, 0) is 125 Å². The third-order valence-corrected chi connectivity index (χ3v) is 12.3. The Morgan fingerprint density at radius 3 is 2.41 bits per heavy atom. The van der Waals surface area contributed by atoms with Gasteiger partial charge in [-0.3, -0.25) is 10.1 Å². The molecule has 0 amide bonds. The lowest BCUT2D eigenvalue weighted by atomic mass is 9.69. The van der Waals surface area contributed by atoms with Gasteiger partial charge in [0.1, 0.15) is 18.3 Å². The van der Waals surface area contributed by atoms with E-state index in [1.165, 1.54) is 11.6 Å². The van der Waals surface area contributed by atoms with Crippen LogP contribution in [0.25, 0.3) is 10.8 Å². The maximum Gasteiger partial charge on any atom is 0.164 e. The molecule has 1 aliphatic carbocycles. The molecule has 11 nitrogen and oxygen atoms in total. The number of carbonyl (C=O) groups excluding carboxylic acids is 1. The number of benzene rings is 5. The molecule has 330 valence electrons. The van der Waals surface area contributed by atoms with E-state index in [4.69, 9.17) is 9.47 Å². The number of rotatable bonds is 20. The first kappa shape index (κ1) is 44.9. The van der Waals surface area contributed by atoms with Gasteiger partial charge in [-0.15, -0.1) is 0 Å². The number of ketones is 1. The van der Waals surface area contributed by atoms with E-state index in [1.54, 1.807) is 44.4 Å². The van der Waals surface area contributed by atoms with E-state index >= 15 is 0 Å². The van der Waals surface area contributed by atoms with Crippen LogP contribution in [0.15, 0.2) is 116 Å². The highest BCUT2D eigenvalue weighted by molar-refractivity contribution is 5.89. The normalized spacial score (nSPS) is 16.6. The van der Waals surface area contributed by atoms with Crippen molar-refractivity contribution in [3.05, 3.63) is 160 Å². The van der Waals surface area contributed by atoms with Gasteiger partial charge in [-0.1, -0.05) is 73.7 Å². The fraction of sp³-hybridized carbons (Fsp3) is 0.327. The average molecular weight is 854 g/mol. The summed E-state index contributed by atoms with van der Waals surface area (Å²) in [4.78, 5) is 18.1. The number of ether oxygens (including phenoxy) is 2. The molecule has 6 unspecified atom stereocenters. The van der Waals surface area contributed by atoms with E-state index in [0.29, 0.717) is 36.4 Å². The molecule has 1 heterocycles. The van der Waals surface area contributed by atoms with Crippen molar-refractivity contribution < 1.29 is 39.8 Å². The van der Waals surface area contributed by atoms with E-state index < -0.39 is 24.0 Å². The van der Waals surface area contributed by atoms with Crippen LogP contribution >= 0.6 is 0 Å². The molecule has 1 aromatic heterocycles. The van der Waals surface area contributed by atoms with E-state index in [2.05, 4.69) is 59.0 Å². The number of fused-ring (bicyclic) bond motifs is 2. The second-order valence-electron chi connectivity index (χ2n) is 16.7. The number of H-pyrrole nitrogens is 1. The highest BCUT2D eigenvalue weighted by Crippen LogP contribution is 2.51. The number of aliphatic hydroxyl groups is 2. The summed E-state index contributed by atoms with van der Waals surface area (Å²) in [5.74, 6) is -1.55. The molecule has 0 radical (unpaired) electrons. The van der Waals surface area contributed by atoms with Gasteiger partial charge in [0.2, 0.25) is 0 Å². The van der Waals surface area contributed by atoms with Gasteiger partial charge in [0.15, 0.2) is 23.0 Å². The Hall–Kier alpha value is -6.11. The van der Waals surface area contributed by atoms with Crippen LogP contribution in [0.2, 0.25) is 0 Å². The smallest absolute Gasteiger partial charge is 0.164 e. The number of aliphatic hydroxyl groups excluding tert-OH is 2. The van der Waals surface area contributed by atoms with Crippen LogP contribution < -0.4 is 20.1 Å². The predicted molar refractivity (Wildman–Crippen MR) is 246 cm³/mol. The molecule has 1 aliphatic rings. The largest absolute Gasteiger partial charge is 0.508 e. The zero-order valence-electron chi connectivity index (χ0n) is 36.3. The SMILES string of the molecule is CCc1ccc2ccccc2c1C1C=CC(C(Cc2cc[nH]c2)C(O)CC(=O)C(Cc2ccc(O)c(OCNCC(C)O)c2)c2cc(O)cc(CNC)c2)c2ccc(O)c(OC)c21. The third kappa shape index (κ3) is 10.2. The summed E-state index contributed by atoms with van der Waals surface area (Å²) in [7, 11) is 3.37. The molecular weight excluding hydrogens is 795 g/mol. The first-order valence-corrected chi connectivity index (χ1v) is 21.7. The van der Waals surface area contributed by atoms with E-state index in [0.717, 1.165) is 45.0 Å². The van der Waals surface area contributed by atoms with Crippen LogP contribution in [-0.4, -0.2) is 75.9 Å². The van der Waals surface area contributed by atoms with Crippen molar-refractivity contribution in [2.45, 2.75) is 76.0 Å². The number of hydrogen-bond acceptors (Lipinski definition) is 10. The maximum absolute atomic E-state index is 14.9. The molecule has 0 aliphatic heterocycles. The number of aromatic hydroxyl groups is 3. The maximum atomic E-state index is 14.9. The number of phenolic OH excluding ortho intramolecular Hbond substituents is 3. The van der Waals surface area contributed by atoms with E-state index in [1.807, 2.05) is 49.8 Å². The summed E-state index contributed by atoms with van der Waals surface area (Å²) in [6, 6.07) is 28.3. The van der Waals surface area contributed by atoms with Crippen molar-refractivity contribution in [3.8, 4) is 28.7 Å². The first-order valence-electron chi connectivity index (χ1n) is 21.7. The Labute approximate surface area is 369 Å². The minimum absolute atomic E-state index is 0.0217. The van der Waals surface area contributed by atoms with Crippen molar-refractivity contribution in [1.29, 1.82) is 0 Å². The number of aryl methyl sites for hydroxylation is 1. The van der Waals surface area contributed by atoms with Crippen LogP contribution in [0.1, 0.15) is 82.5 Å². The van der Waals surface area contributed by atoms with Gasteiger partial charge >= 0.3 is 0 Å². The van der Waals surface area contributed by atoms with Crippen LogP contribution in [-0.2, 0) is 30.6 Å². The summed E-state index contributed by atoms with van der Waals surface area (Å²) in [6.07, 6.45) is 7.63. The fourth-order valence-electron chi connectivity index (χ4n) is 9.31. The van der Waals surface area contributed by atoms with Gasteiger partial charge < -0.3 is 45.3 Å². The highest BCUT2D eigenvalue weighted by atomic mass is 16.5. The van der Waals surface area contributed by atoms with Crippen LogP contribution in [0, 0.1) is 5.92 Å². The van der Waals surface area contributed by atoms with Crippen LogP contribution in [0.4, 0.5) is 0 Å². The van der Waals surface area contributed by atoms with Gasteiger partial charge in [-0.25, -0.2) is 0 Å². The quantitative estimate of drug-likeness (QED) is 0.0214. The van der Waals surface area contributed by atoms with Gasteiger partial charge in [0.05, 0.1) is 19.3 Å². The third-order valence-electron chi connectivity index (χ3n) is 12.3. The number of methoxy groups -OCH3 is 1. The molecule has 0 saturated heterocycles. The first-order chi connectivity index (χ1) is 30.5. The fourth-order valence-corrected chi connectivity index (χ4v) is 9.31. The monoisotopic (exact) mass is 853 g/mol. The number of Topliss-reactive ketones (excluding diaryl/α,β-unsaturated/α-hetero) is 1. The van der Waals surface area contributed by atoms with Crippen LogP contribution in [0.5, 0.6) is 28.7 Å². The second-order valence-corrected chi connectivity index (χ2v) is 16.7. The molecule has 0 bridgehead atoms. The standard InChI is InChI=1S/C52H59N3O8/c1-5-35-11-12-36-8-6-7-9-39(36)50(35)42-14-13-40(41-15-17-46(59)52(62-4)51(41)42)44(23-33-18-19-54-29-33)48(61)26-47(60)43(37-20-34(28-53-3)21-38(57)25-37)22-32-10-16-45(58)49(24-32)63-30-55-27-31(2)56/h6-21,24-25,29,31,40,42-44,48,53-59,61H,5,22-23,26-28,30H2,1-4H3. The van der Waals surface area contributed by atoms with Crippen LogP contribution in [0.3, 0.4) is 0 Å². The van der Waals surface area contributed by atoms with Crippen molar-refractivity contribution in [3.63, 3.8) is 0 Å². The molecule has 5 aromatic carbocycles. The van der Waals surface area contributed by atoms with Crippen molar-refractivity contribution >= 4 is 16.6 Å². The molecule has 0 fully saturated rings. The van der Waals surface area contributed by atoms with Gasteiger partial charge in [0, 0.05) is 55.2 Å². The topological polar surface area (TPSA) is 177 Å². The highest BCUT2D eigenvalue weighted by Gasteiger charge is 2.38. The number of allylic oxidation sites excluding steroid dienone is 2. The van der Waals surface area contributed by atoms with E-state index in [9.17, 15) is 30.3 Å². The zero-order chi connectivity index (χ0) is 44.6. The number of hydrogen-bond donors (Lipinski definition) is 8. The lowest BCUT2D eigenvalue weighted by molar-refractivity contribution is -0.123. The minimum Gasteiger partial charge on any atom is -0.508 e. The van der Waals surface area contributed by atoms with Crippen molar-refractivity contribution in [1.82, 2.24) is 15.6 Å². The summed E-state index contributed by atoms with van der Waals surface area (Å²) >= 11 is 0. The molecule has 63 heavy (non-hydrogen) atoms. The van der Waals surface area contributed by atoms with E-state index in [-0.39, 0.29) is 60.2 Å². The number of carbonyl (C=O) groups is 1. The lowest BCUT2D eigenvalue weighted by Gasteiger charge is -2.36. The molecule has 0 saturated carbocycles. The molecule has 8 N–H and O–H groups in total. The number of phenols is 3.